The summed E-state index contributed by atoms with van der Waals surface area (Å²) in [7, 11) is 0. The quantitative estimate of drug-likeness (QED) is 0.0228. The van der Waals surface area contributed by atoms with Crippen LogP contribution in [0.15, 0.2) is 109 Å². The highest BCUT2D eigenvalue weighted by Gasteiger charge is 2.50. The summed E-state index contributed by atoms with van der Waals surface area (Å²) in [5.41, 5.74) is 0. The molecule has 0 aromatic heterocycles. The lowest BCUT2D eigenvalue weighted by Gasteiger charge is -2.40. The molecule has 1 rings (SSSR count). The fourth-order valence-corrected chi connectivity index (χ4v) is 9.34. The van der Waals surface area contributed by atoms with Crippen molar-refractivity contribution in [1.29, 1.82) is 0 Å². The van der Waals surface area contributed by atoms with Crippen LogP contribution in [0.2, 0.25) is 0 Å². The molecule has 0 aromatic carbocycles. The third-order valence-electron chi connectivity index (χ3n) is 14.3. The Balaban J connectivity index is 2.68. The number of carboxylic acid groups (broad SMARTS) is 1. The SMILES string of the molecule is CC/C=C\C/C=C\C/C=C\CCCCCCCCCC(=O)OC(COC(=O)CCCCCCCC/C=C\C/C=C\C/C=C\CCCCC)COC1OC(C(=O)O)C(O)C(O)C1OC(=O)CCCCCCCCC/C=C\C/C=C\C/C=C\CC. The Bertz CT molecular complexity index is 1860. The first-order chi connectivity index (χ1) is 40.6. The van der Waals surface area contributed by atoms with E-state index < -0.39 is 67.3 Å². The molecule has 1 aliphatic heterocycles. The molecular formula is C71H116O12. The highest BCUT2D eigenvalue weighted by Crippen LogP contribution is 2.26. The first-order valence-corrected chi connectivity index (χ1v) is 32.9. The number of carbonyl (C=O) groups is 4. The van der Waals surface area contributed by atoms with Crippen molar-refractivity contribution in [2.75, 3.05) is 13.2 Å². The Morgan fingerprint density at radius 1 is 0.410 bits per heavy atom. The standard InChI is InChI=1S/C71H116O12/c1-4-7-10-13-16-19-22-25-28-31-32-35-36-39-42-45-48-51-54-57-63(72)79-60-62(81-64(73)58-55-52-49-46-43-40-37-33-29-26-23-20-17-14-11-8-5-2)61-80-71-69(67(76)66(75)68(83-71)70(77)78)82-65(74)59-56-53-50-47-44-41-38-34-30-27-24-21-18-15-12-9-6-3/h8-9,11-12,16-21,25-30,32,35,62,66-69,71,75-76H,4-7,10,13-15,22-24,31,33-34,36-61H2,1-3H3,(H,77,78)/b11-8-,12-9-,19-16-,20-17-,21-18-,28-25-,29-26-,30-27-,35-32-. The number of esters is 3. The second-order valence-corrected chi connectivity index (χ2v) is 22.0. The highest BCUT2D eigenvalue weighted by molar-refractivity contribution is 5.74. The molecule has 1 fully saturated rings. The van der Waals surface area contributed by atoms with Gasteiger partial charge in [-0.05, 0) is 122 Å². The summed E-state index contributed by atoms with van der Waals surface area (Å²) in [6.45, 7) is 5.74. The van der Waals surface area contributed by atoms with E-state index in [1.54, 1.807) is 0 Å². The number of hydrogen-bond donors (Lipinski definition) is 3. The third kappa shape index (κ3) is 47.3. The van der Waals surface area contributed by atoms with Gasteiger partial charge in [-0.1, -0.05) is 233 Å². The summed E-state index contributed by atoms with van der Waals surface area (Å²) < 4.78 is 28.5. The second kappa shape index (κ2) is 57.8. The minimum Gasteiger partial charge on any atom is -0.479 e. The Morgan fingerprint density at radius 2 is 0.759 bits per heavy atom. The number of rotatable bonds is 55. The predicted molar refractivity (Wildman–Crippen MR) is 340 cm³/mol. The Morgan fingerprint density at radius 3 is 1.16 bits per heavy atom. The molecule has 0 amide bonds. The maximum absolute atomic E-state index is 13.2. The molecule has 0 saturated carbocycles. The van der Waals surface area contributed by atoms with Crippen molar-refractivity contribution in [3.05, 3.63) is 109 Å². The molecular weight excluding hydrogens is 1040 g/mol. The third-order valence-corrected chi connectivity index (χ3v) is 14.3. The molecule has 83 heavy (non-hydrogen) atoms. The van der Waals surface area contributed by atoms with Gasteiger partial charge in [0.1, 0.15) is 18.8 Å². The van der Waals surface area contributed by atoms with E-state index >= 15 is 0 Å². The molecule has 3 N–H and O–H groups in total. The lowest BCUT2D eigenvalue weighted by Crippen LogP contribution is -2.61. The van der Waals surface area contributed by atoms with Crippen LogP contribution in [-0.2, 0) is 42.9 Å². The van der Waals surface area contributed by atoms with Crippen LogP contribution in [0.1, 0.15) is 265 Å². The van der Waals surface area contributed by atoms with E-state index in [1.165, 1.54) is 25.7 Å². The molecule has 1 aliphatic rings. The summed E-state index contributed by atoms with van der Waals surface area (Å²) in [6, 6.07) is 0. The molecule has 0 aliphatic carbocycles. The van der Waals surface area contributed by atoms with Crippen LogP contribution >= 0.6 is 0 Å². The van der Waals surface area contributed by atoms with Crippen LogP contribution in [0.25, 0.3) is 0 Å². The molecule has 472 valence electrons. The van der Waals surface area contributed by atoms with E-state index in [9.17, 15) is 34.5 Å². The highest BCUT2D eigenvalue weighted by atomic mass is 16.7. The Labute approximate surface area is 504 Å². The van der Waals surface area contributed by atoms with Crippen molar-refractivity contribution in [2.45, 2.75) is 302 Å². The average Bonchev–Trinajstić information content (AvgIpc) is 3.59. The van der Waals surface area contributed by atoms with Crippen molar-refractivity contribution in [3.8, 4) is 0 Å². The van der Waals surface area contributed by atoms with Gasteiger partial charge in [0, 0.05) is 19.3 Å². The fraction of sp³-hybridized carbons (Fsp3) is 0.690. The molecule has 12 nitrogen and oxygen atoms in total. The van der Waals surface area contributed by atoms with Crippen molar-refractivity contribution in [3.63, 3.8) is 0 Å². The zero-order valence-electron chi connectivity index (χ0n) is 52.2. The minimum atomic E-state index is -1.92. The summed E-state index contributed by atoms with van der Waals surface area (Å²) >= 11 is 0. The van der Waals surface area contributed by atoms with Gasteiger partial charge in [-0.25, -0.2) is 4.79 Å². The Kier molecular flexibility index (Phi) is 53.2. The van der Waals surface area contributed by atoms with E-state index in [0.717, 1.165) is 180 Å². The first-order valence-electron chi connectivity index (χ1n) is 32.9. The van der Waals surface area contributed by atoms with Crippen LogP contribution in [0.4, 0.5) is 0 Å². The zero-order valence-corrected chi connectivity index (χ0v) is 52.2. The van der Waals surface area contributed by atoms with Crippen molar-refractivity contribution in [1.82, 2.24) is 0 Å². The van der Waals surface area contributed by atoms with Gasteiger partial charge in [0.2, 0.25) is 0 Å². The summed E-state index contributed by atoms with van der Waals surface area (Å²) in [5.74, 6) is -3.16. The lowest BCUT2D eigenvalue weighted by atomic mass is 9.98. The molecule has 1 saturated heterocycles. The van der Waals surface area contributed by atoms with Crippen molar-refractivity contribution in [2.24, 2.45) is 0 Å². The maximum atomic E-state index is 13.2. The molecule has 6 atom stereocenters. The van der Waals surface area contributed by atoms with E-state index in [0.29, 0.717) is 19.3 Å². The number of aliphatic carboxylic acids is 1. The summed E-state index contributed by atoms with van der Waals surface area (Å²) in [4.78, 5) is 51.4. The van der Waals surface area contributed by atoms with Gasteiger partial charge in [-0.15, -0.1) is 0 Å². The number of hydrogen-bond acceptors (Lipinski definition) is 11. The van der Waals surface area contributed by atoms with Crippen LogP contribution in [-0.4, -0.2) is 89.2 Å². The van der Waals surface area contributed by atoms with Crippen molar-refractivity contribution < 1.29 is 58.2 Å². The smallest absolute Gasteiger partial charge is 0.335 e. The maximum Gasteiger partial charge on any atom is 0.335 e. The predicted octanol–water partition coefficient (Wildman–Crippen LogP) is 17.8. The molecule has 0 spiro atoms. The molecule has 0 bridgehead atoms. The summed E-state index contributed by atoms with van der Waals surface area (Å²) in [6.07, 6.45) is 66.0. The number of carboxylic acids is 1. The largest absolute Gasteiger partial charge is 0.479 e. The monoisotopic (exact) mass is 1160 g/mol. The number of unbranched alkanes of at least 4 members (excludes halogenated alkanes) is 23. The van der Waals surface area contributed by atoms with Gasteiger partial charge < -0.3 is 39.0 Å². The van der Waals surface area contributed by atoms with Gasteiger partial charge in [-0.2, -0.15) is 0 Å². The molecule has 1 heterocycles. The van der Waals surface area contributed by atoms with Crippen LogP contribution in [0.3, 0.4) is 0 Å². The van der Waals surface area contributed by atoms with Gasteiger partial charge in [-0.3, -0.25) is 14.4 Å². The van der Waals surface area contributed by atoms with Crippen LogP contribution in [0, 0.1) is 0 Å². The number of allylic oxidation sites excluding steroid dienone is 18. The zero-order chi connectivity index (χ0) is 60.3. The molecule has 0 radical (unpaired) electrons. The number of aliphatic hydroxyl groups excluding tert-OH is 2. The minimum absolute atomic E-state index is 0.0420. The van der Waals surface area contributed by atoms with Gasteiger partial charge in [0.25, 0.3) is 0 Å². The number of ether oxygens (including phenoxy) is 5. The normalized spacial score (nSPS) is 18.3. The lowest BCUT2D eigenvalue weighted by molar-refractivity contribution is -0.301. The van der Waals surface area contributed by atoms with E-state index in [4.69, 9.17) is 23.7 Å². The Hall–Kier alpha value is -4.62. The molecule has 6 unspecified atom stereocenters. The van der Waals surface area contributed by atoms with Gasteiger partial charge in [0.05, 0.1) is 6.61 Å². The fourth-order valence-electron chi connectivity index (χ4n) is 9.34. The van der Waals surface area contributed by atoms with E-state index in [1.807, 2.05) is 0 Å². The number of aliphatic hydroxyl groups is 2. The van der Waals surface area contributed by atoms with Gasteiger partial charge >= 0.3 is 23.9 Å². The molecule has 0 aromatic rings. The first kappa shape index (κ1) is 76.4. The van der Waals surface area contributed by atoms with E-state index in [2.05, 4.69) is 130 Å². The average molecular weight is 1160 g/mol. The van der Waals surface area contributed by atoms with Crippen LogP contribution < -0.4 is 0 Å². The van der Waals surface area contributed by atoms with E-state index in [-0.39, 0.29) is 25.9 Å². The number of carbonyl (C=O) groups excluding carboxylic acids is 3. The van der Waals surface area contributed by atoms with Crippen LogP contribution in [0.5, 0.6) is 0 Å². The van der Waals surface area contributed by atoms with Crippen molar-refractivity contribution >= 4 is 23.9 Å². The van der Waals surface area contributed by atoms with Gasteiger partial charge in [0.15, 0.2) is 24.6 Å². The second-order valence-electron chi connectivity index (χ2n) is 22.0. The molecule has 12 heteroatoms. The topological polar surface area (TPSA) is 175 Å². The summed E-state index contributed by atoms with van der Waals surface area (Å²) in [5, 5.41) is 31.6.